The third-order valence-corrected chi connectivity index (χ3v) is 2.73. The maximum absolute atomic E-state index is 12.1. The van der Waals surface area contributed by atoms with E-state index in [-0.39, 0.29) is 5.91 Å². The first-order valence-electron chi connectivity index (χ1n) is 5.78. The monoisotopic (exact) mass is 219 g/mol. The zero-order valence-corrected chi connectivity index (χ0v) is 10.6. The lowest BCUT2D eigenvalue weighted by molar-refractivity contribution is -0.125. The summed E-state index contributed by atoms with van der Waals surface area (Å²) in [5, 5.41) is 2.98. The minimum Gasteiger partial charge on any atom is -0.355 e. The lowest BCUT2D eigenvalue weighted by Gasteiger charge is -2.24. The van der Waals surface area contributed by atoms with E-state index >= 15 is 0 Å². The van der Waals surface area contributed by atoms with Crippen molar-refractivity contribution in [3.63, 3.8) is 0 Å². The molecule has 2 nitrogen and oxygen atoms in total. The smallest absolute Gasteiger partial charge is 0.230 e. The van der Waals surface area contributed by atoms with Crippen LogP contribution in [0.5, 0.6) is 0 Å². The summed E-state index contributed by atoms with van der Waals surface area (Å²) in [6.45, 7) is 8.83. The van der Waals surface area contributed by atoms with Crippen LogP contribution in [0.3, 0.4) is 0 Å². The largest absolute Gasteiger partial charge is 0.355 e. The Kier molecular flexibility index (Phi) is 4.11. The van der Waals surface area contributed by atoms with E-state index in [4.69, 9.17) is 0 Å². The highest BCUT2D eigenvalue weighted by Crippen LogP contribution is 2.22. The normalized spacial score (nSPS) is 11.6. The summed E-state index contributed by atoms with van der Waals surface area (Å²) < 4.78 is 0. The number of benzene rings is 1. The Morgan fingerprint density at radius 1 is 1.25 bits per heavy atom. The standard InChI is InChI=1S/C14H21NO/c1-11(2)10-15-13(16)14(3,4)12-8-6-5-7-9-12/h5-9,11H,10H2,1-4H3,(H,15,16). The molecule has 1 rings (SSSR count). The number of hydrogen-bond donors (Lipinski definition) is 1. The molecule has 1 amide bonds. The highest BCUT2D eigenvalue weighted by atomic mass is 16.2. The summed E-state index contributed by atoms with van der Waals surface area (Å²) >= 11 is 0. The van der Waals surface area contributed by atoms with Gasteiger partial charge < -0.3 is 5.32 Å². The topological polar surface area (TPSA) is 29.1 Å². The Morgan fingerprint density at radius 3 is 2.31 bits per heavy atom. The van der Waals surface area contributed by atoms with Crippen molar-refractivity contribution < 1.29 is 4.79 Å². The minimum absolute atomic E-state index is 0.0902. The molecule has 88 valence electrons. The van der Waals surface area contributed by atoms with Gasteiger partial charge in [-0.05, 0) is 25.3 Å². The lowest BCUT2D eigenvalue weighted by atomic mass is 9.83. The molecule has 16 heavy (non-hydrogen) atoms. The fourth-order valence-corrected chi connectivity index (χ4v) is 1.50. The molecule has 0 aliphatic rings. The van der Waals surface area contributed by atoms with Gasteiger partial charge in [0, 0.05) is 6.54 Å². The second-order valence-corrected chi connectivity index (χ2v) is 5.09. The molecule has 2 heteroatoms. The zero-order chi connectivity index (χ0) is 12.2. The molecule has 0 spiro atoms. The number of hydrogen-bond acceptors (Lipinski definition) is 1. The van der Waals surface area contributed by atoms with Crippen LogP contribution in [-0.4, -0.2) is 12.5 Å². The zero-order valence-electron chi connectivity index (χ0n) is 10.6. The molecule has 1 aromatic rings. The van der Waals surface area contributed by atoms with Crippen LogP contribution in [0.2, 0.25) is 0 Å². The molecule has 0 atom stereocenters. The first-order chi connectivity index (χ1) is 7.44. The van der Waals surface area contributed by atoms with Gasteiger partial charge in [0.15, 0.2) is 0 Å². The molecule has 1 aromatic carbocycles. The second kappa shape index (κ2) is 5.15. The first kappa shape index (κ1) is 12.8. The van der Waals surface area contributed by atoms with Crippen molar-refractivity contribution in [1.82, 2.24) is 5.32 Å². The van der Waals surface area contributed by atoms with Crippen molar-refractivity contribution in [3.8, 4) is 0 Å². The minimum atomic E-state index is -0.462. The van der Waals surface area contributed by atoms with Gasteiger partial charge in [0.05, 0.1) is 5.41 Å². The SMILES string of the molecule is CC(C)CNC(=O)C(C)(C)c1ccccc1. The van der Waals surface area contributed by atoms with Crippen LogP contribution in [-0.2, 0) is 10.2 Å². The van der Waals surface area contributed by atoms with Gasteiger partial charge in [-0.2, -0.15) is 0 Å². The molecular weight excluding hydrogens is 198 g/mol. The molecule has 0 aliphatic heterocycles. The van der Waals surface area contributed by atoms with Crippen LogP contribution < -0.4 is 5.32 Å². The number of rotatable bonds is 4. The van der Waals surface area contributed by atoms with Gasteiger partial charge in [-0.1, -0.05) is 44.2 Å². The molecule has 0 saturated carbocycles. The van der Waals surface area contributed by atoms with E-state index in [2.05, 4.69) is 19.2 Å². The molecule has 0 radical (unpaired) electrons. The van der Waals surface area contributed by atoms with E-state index < -0.39 is 5.41 Å². The van der Waals surface area contributed by atoms with E-state index in [1.54, 1.807) is 0 Å². The van der Waals surface area contributed by atoms with Crippen molar-refractivity contribution in [3.05, 3.63) is 35.9 Å². The van der Waals surface area contributed by atoms with Crippen molar-refractivity contribution in [2.75, 3.05) is 6.54 Å². The fraction of sp³-hybridized carbons (Fsp3) is 0.500. The Labute approximate surface area is 98.1 Å². The highest BCUT2D eigenvalue weighted by Gasteiger charge is 2.29. The van der Waals surface area contributed by atoms with Gasteiger partial charge in [0.1, 0.15) is 0 Å². The van der Waals surface area contributed by atoms with Crippen LogP contribution in [0.15, 0.2) is 30.3 Å². The van der Waals surface area contributed by atoms with Gasteiger partial charge in [-0.3, -0.25) is 4.79 Å². The van der Waals surface area contributed by atoms with E-state index in [1.165, 1.54) is 0 Å². The van der Waals surface area contributed by atoms with Gasteiger partial charge in [-0.15, -0.1) is 0 Å². The number of nitrogens with one attached hydrogen (secondary N) is 1. The molecule has 0 aromatic heterocycles. The summed E-state index contributed by atoms with van der Waals surface area (Å²) in [6, 6.07) is 9.88. The first-order valence-corrected chi connectivity index (χ1v) is 5.78. The summed E-state index contributed by atoms with van der Waals surface area (Å²) in [4.78, 5) is 12.1. The molecular formula is C14H21NO. The quantitative estimate of drug-likeness (QED) is 0.829. The van der Waals surface area contributed by atoms with Gasteiger partial charge in [0.2, 0.25) is 5.91 Å². The van der Waals surface area contributed by atoms with Gasteiger partial charge >= 0.3 is 0 Å². The number of carbonyl (C=O) groups excluding carboxylic acids is 1. The predicted molar refractivity (Wildman–Crippen MR) is 67.3 cm³/mol. The highest BCUT2D eigenvalue weighted by molar-refractivity contribution is 5.87. The molecule has 0 aliphatic carbocycles. The predicted octanol–water partition coefficient (Wildman–Crippen LogP) is 2.74. The summed E-state index contributed by atoms with van der Waals surface area (Å²) in [5.41, 5.74) is 0.590. The average Bonchev–Trinajstić information content (AvgIpc) is 2.27. The van der Waals surface area contributed by atoms with Crippen LogP contribution in [0.4, 0.5) is 0 Å². The van der Waals surface area contributed by atoms with Crippen LogP contribution in [0, 0.1) is 5.92 Å². The number of amides is 1. The average molecular weight is 219 g/mol. The van der Waals surface area contributed by atoms with Crippen molar-refractivity contribution in [1.29, 1.82) is 0 Å². The summed E-state index contributed by atoms with van der Waals surface area (Å²) in [7, 11) is 0. The van der Waals surface area contributed by atoms with Crippen LogP contribution >= 0.6 is 0 Å². The maximum atomic E-state index is 12.1. The molecule has 0 unspecified atom stereocenters. The van der Waals surface area contributed by atoms with E-state index in [0.717, 1.165) is 12.1 Å². The lowest BCUT2D eigenvalue weighted by Crippen LogP contribution is -2.41. The van der Waals surface area contributed by atoms with Gasteiger partial charge in [-0.25, -0.2) is 0 Å². The van der Waals surface area contributed by atoms with Crippen LogP contribution in [0.25, 0.3) is 0 Å². The third kappa shape index (κ3) is 3.09. The van der Waals surface area contributed by atoms with E-state index in [9.17, 15) is 4.79 Å². The van der Waals surface area contributed by atoms with Gasteiger partial charge in [0.25, 0.3) is 0 Å². The van der Waals surface area contributed by atoms with Crippen molar-refractivity contribution in [2.24, 2.45) is 5.92 Å². The Bertz CT molecular complexity index is 341. The fourth-order valence-electron chi connectivity index (χ4n) is 1.50. The molecule has 0 bridgehead atoms. The maximum Gasteiger partial charge on any atom is 0.230 e. The second-order valence-electron chi connectivity index (χ2n) is 5.09. The molecule has 1 N–H and O–H groups in total. The Hall–Kier alpha value is -1.31. The van der Waals surface area contributed by atoms with E-state index in [0.29, 0.717) is 5.92 Å². The van der Waals surface area contributed by atoms with Crippen molar-refractivity contribution >= 4 is 5.91 Å². The molecule has 0 saturated heterocycles. The summed E-state index contributed by atoms with van der Waals surface area (Å²) in [5.74, 6) is 0.572. The summed E-state index contributed by atoms with van der Waals surface area (Å²) in [6.07, 6.45) is 0. The molecule has 0 heterocycles. The third-order valence-electron chi connectivity index (χ3n) is 2.73. The van der Waals surface area contributed by atoms with E-state index in [1.807, 2.05) is 44.2 Å². The molecule has 0 fully saturated rings. The van der Waals surface area contributed by atoms with Crippen LogP contribution in [0.1, 0.15) is 33.3 Å². The Morgan fingerprint density at radius 2 is 1.81 bits per heavy atom. The number of carbonyl (C=O) groups is 1. The Balaban J connectivity index is 2.74. The van der Waals surface area contributed by atoms with Crippen molar-refractivity contribution in [2.45, 2.75) is 33.1 Å².